The van der Waals surface area contributed by atoms with E-state index in [0.717, 1.165) is 25.4 Å². The Morgan fingerprint density at radius 3 is 2.72 bits per heavy atom. The van der Waals surface area contributed by atoms with E-state index in [9.17, 15) is 4.39 Å². The fourth-order valence-corrected chi connectivity index (χ4v) is 4.72. The number of hydrogen-bond donors (Lipinski definition) is 3. The summed E-state index contributed by atoms with van der Waals surface area (Å²) >= 11 is 6.64. The second-order valence-corrected chi connectivity index (χ2v) is 9.90. The van der Waals surface area contributed by atoms with E-state index in [-0.39, 0.29) is 11.2 Å². The molecule has 0 saturated heterocycles. The van der Waals surface area contributed by atoms with Crippen molar-refractivity contribution < 1.29 is 4.39 Å². The van der Waals surface area contributed by atoms with Crippen LogP contribution in [0.15, 0.2) is 39.1 Å². The van der Waals surface area contributed by atoms with Crippen molar-refractivity contribution in [3.05, 3.63) is 67.3 Å². The summed E-state index contributed by atoms with van der Waals surface area (Å²) in [5.74, 6) is 1.17. The molecule has 1 aliphatic rings. The Bertz CT molecular complexity index is 1150. The first-order valence-electron chi connectivity index (χ1n) is 9.01. The lowest BCUT2D eigenvalue weighted by Crippen LogP contribution is -2.19. The Morgan fingerprint density at radius 2 is 2.03 bits per heavy atom. The van der Waals surface area contributed by atoms with E-state index < -0.39 is 0 Å². The summed E-state index contributed by atoms with van der Waals surface area (Å²) in [6, 6.07) is 6.70. The van der Waals surface area contributed by atoms with Crippen molar-refractivity contribution in [2.24, 2.45) is 0 Å². The molecule has 0 saturated carbocycles. The van der Waals surface area contributed by atoms with Crippen LogP contribution in [-0.2, 0) is 11.8 Å². The van der Waals surface area contributed by atoms with E-state index in [2.05, 4.69) is 69.5 Å². The predicted octanol–water partition coefficient (Wildman–Crippen LogP) is 4.52. The van der Waals surface area contributed by atoms with Crippen LogP contribution in [0.25, 0.3) is 5.95 Å². The van der Waals surface area contributed by atoms with Crippen molar-refractivity contribution in [3.8, 4) is 5.95 Å². The van der Waals surface area contributed by atoms with Crippen LogP contribution >= 0.6 is 35.2 Å². The third-order valence-electron chi connectivity index (χ3n) is 5.15. The molecule has 0 amide bonds. The van der Waals surface area contributed by atoms with E-state index in [4.69, 9.17) is 5.73 Å². The first-order chi connectivity index (χ1) is 13.7. The molecule has 1 aromatic carbocycles. The summed E-state index contributed by atoms with van der Waals surface area (Å²) in [6.45, 7) is 6.04. The number of benzene rings is 1. The third-order valence-corrected chi connectivity index (χ3v) is 5.91. The van der Waals surface area contributed by atoms with Crippen LogP contribution in [0, 0.1) is 12.7 Å². The normalized spacial score (nSPS) is 16.5. The Morgan fingerprint density at radius 1 is 1.31 bits per heavy atom. The maximum atomic E-state index is 14.0. The number of anilines is 2. The van der Waals surface area contributed by atoms with E-state index in [0.29, 0.717) is 29.6 Å². The molecule has 0 radical (unpaired) electrons. The van der Waals surface area contributed by atoms with Gasteiger partial charge < -0.3 is 11.1 Å². The van der Waals surface area contributed by atoms with Crippen LogP contribution in [0.5, 0.6) is 0 Å². The number of rotatable bonds is 3. The Kier molecular flexibility index (Phi) is 5.06. The van der Waals surface area contributed by atoms with Gasteiger partial charge in [0, 0.05) is 29.3 Å². The monoisotopic (exact) mass is 522 g/mol. The predicted molar refractivity (Wildman–Crippen MR) is 124 cm³/mol. The topological polar surface area (TPSA) is 81.7 Å². The average molecular weight is 522 g/mol. The van der Waals surface area contributed by atoms with E-state index >= 15 is 0 Å². The zero-order valence-electron chi connectivity index (χ0n) is 16.2. The van der Waals surface area contributed by atoms with Gasteiger partial charge in [-0.15, -0.1) is 12.6 Å². The first-order valence-corrected chi connectivity index (χ1v) is 10.5. The average Bonchev–Trinajstić information content (AvgIpc) is 3.14. The summed E-state index contributed by atoms with van der Waals surface area (Å²) in [7, 11) is 0. The molecule has 1 aliphatic heterocycles. The van der Waals surface area contributed by atoms with Crippen molar-refractivity contribution in [1.82, 2.24) is 19.7 Å². The van der Waals surface area contributed by atoms with Crippen molar-refractivity contribution >= 4 is 46.9 Å². The summed E-state index contributed by atoms with van der Waals surface area (Å²) in [4.78, 5) is 9.13. The number of halogens is 2. The van der Waals surface area contributed by atoms with Crippen LogP contribution in [0.3, 0.4) is 0 Å². The smallest absolute Gasteiger partial charge is 0.254 e. The molecule has 29 heavy (non-hydrogen) atoms. The number of allylic oxidation sites excluding steroid dienone is 1. The van der Waals surface area contributed by atoms with E-state index in [1.807, 2.05) is 19.2 Å². The fourth-order valence-electron chi connectivity index (χ4n) is 3.58. The zero-order chi connectivity index (χ0) is 20.9. The van der Waals surface area contributed by atoms with Crippen LogP contribution in [0.1, 0.15) is 36.2 Å². The number of nitrogens with one attached hydrogen (secondary N) is 1. The highest BCUT2D eigenvalue weighted by Crippen LogP contribution is 2.47. The van der Waals surface area contributed by atoms with Gasteiger partial charge in [0.2, 0.25) is 0 Å². The van der Waals surface area contributed by atoms with Gasteiger partial charge in [0.05, 0.1) is 8.61 Å². The minimum atomic E-state index is -0.369. The molecule has 3 heterocycles. The molecule has 3 aromatic rings. The summed E-state index contributed by atoms with van der Waals surface area (Å²) < 4.78 is 16.4. The van der Waals surface area contributed by atoms with Gasteiger partial charge in [-0.05, 0) is 60.6 Å². The molecule has 6 nitrogen and oxygen atoms in total. The molecule has 0 atom stereocenters. The van der Waals surface area contributed by atoms with Crippen molar-refractivity contribution in [2.75, 3.05) is 11.1 Å². The number of hydrogen-bond acceptors (Lipinski definition) is 6. The minimum Gasteiger partial charge on any atom is -0.383 e. The van der Waals surface area contributed by atoms with Crippen molar-refractivity contribution in [3.63, 3.8) is 0 Å². The second-order valence-electron chi connectivity index (χ2n) is 7.52. The molecule has 0 spiro atoms. The largest absolute Gasteiger partial charge is 0.383 e. The minimum absolute atomic E-state index is 0.244. The maximum absolute atomic E-state index is 14.0. The van der Waals surface area contributed by atoms with Crippen LogP contribution in [0.2, 0.25) is 0 Å². The van der Waals surface area contributed by atoms with Gasteiger partial charge in [0.25, 0.3) is 5.95 Å². The number of fused-ring (bicyclic) bond motifs is 1. The van der Waals surface area contributed by atoms with Gasteiger partial charge in [0.1, 0.15) is 17.5 Å². The van der Waals surface area contributed by atoms with Gasteiger partial charge in [0.15, 0.2) is 0 Å². The molecule has 3 N–H and O–H groups in total. The van der Waals surface area contributed by atoms with E-state index in [1.54, 1.807) is 16.8 Å². The first kappa shape index (κ1) is 20.1. The molecular formula is C20H20FIN6S. The molecule has 0 bridgehead atoms. The van der Waals surface area contributed by atoms with Crippen LogP contribution in [-0.4, -0.2) is 19.7 Å². The molecule has 0 fully saturated rings. The van der Waals surface area contributed by atoms with Gasteiger partial charge in [-0.2, -0.15) is 15.1 Å². The quantitative estimate of drug-likeness (QED) is 0.348. The summed E-state index contributed by atoms with van der Waals surface area (Å²) in [6.07, 6.45) is 2.22. The highest BCUT2D eigenvalue weighted by Gasteiger charge is 2.40. The number of nitrogens with zero attached hydrogens (tertiary/aromatic N) is 4. The Balaban J connectivity index is 1.73. The molecule has 150 valence electrons. The van der Waals surface area contributed by atoms with Crippen molar-refractivity contribution in [1.29, 1.82) is 0 Å². The third kappa shape index (κ3) is 3.50. The summed E-state index contributed by atoms with van der Waals surface area (Å²) in [5, 5.41) is 7.90. The number of nitrogens with two attached hydrogens (primary N) is 1. The van der Waals surface area contributed by atoms with Crippen LogP contribution in [0.4, 0.5) is 16.0 Å². The van der Waals surface area contributed by atoms with Gasteiger partial charge >= 0.3 is 0 Å². The van der Waals surface area contributed by atoms with Gasteiger partial charge in [-0.25, -0.2) is 9.07 Å². The lowest BCUT2D eigenvalue weighted by atomic mass is 9.85. The number of nitrogen functional groups attached to an aromatic ring is 1. The zero-order valence-corrected chi connectivity index (χ0v) is 19.2. The lowest BCUT2D eigenvalue weighted by Gasteiger charge is -2.21. The molecule has 2 aromatic heterocycles. The Hall–Kier alpha value is -2.14. The number of thiol groups is 1. The molecule has 4 rings (SSSR count). The molecule has 9 heteroatoms. The number of aryl methyl sites for hydroxylation is 1. The van der Waals surface area contributed by atoms with E-state index in [1.165, 1.54) is 6.07 Å². The second kappa shape index (κ2) is 7.28. The highest BCUT2D eigenvalue weighted by atomic mass is 127. The lowest BCUT2D eigenvalue weighted by molar-refractivity contribution is 0.612. The fraction of sp³-hybridized carbons (Fsp3) is 0.250. The highest BCUT2D eigenvalue weighted by molar-refractivity contribution is 14.1. The molecule has 0 unspecified atom stereocenters. The van der Waals surface area contributed by atoms with Crippen LogP contribution < -0.4 is 11.1 Å². The Labute approximate surface area is 187 Å². The van der Waals surface area contributed by atoms with Gasteiger partial charge in [-0.1, -0.05) is 18.2 Å². The molecule has 0 aliphatic carbocycles. The van der Waals surface area contributed by atoms with Gasteiger partial charge in [-0.3, -0.25) is 0 Å². The maximum Gasteiger partial charge on any atom is 0.254 e. The van der Waals surface area contributed by atoms with Crippen molar-refractivity contribution in [2.45, 2.75) is 32.6 Å². The standard InChI is InChI=1S/C20H20FIN6S/c1-10-9-28(27-13(10)8-11-6-4-5-7-12(11)21)19-25-17(23)14-18(26-19)24-15(16(22)29)20(14,2)3/h4-7,9,29H,8H2,1-3H3,(H3,23,24,25,26)/b16-15+. The number of aromatic nitrogens is 4. The SMILES string of the molecule is Cc1cn(-c2nc(N)c3c(n2)N/C(=C(/S)I)C3(C)C)nc1Cc1ccccc1F. The summed E-state index contributed by atoms with van der Waals surface area (Å²) in [5.41, 5.74) is 10.00. The molecular weight excluding hydrogens is 502 g/mol.